The zero-order chi connectivity index (χ0) is 21.1. The zero-order valence-corrected chi connectivity index (χ0v) is 16.7. The van der Waals surface area contributed by atoms with Gasteiger partial charge in [0.2, 0.25) is 0 Å². The number of carbonyl (C=O) groups is 2. The van der Waals surface area contributed by atoms with Crippen molar-refractivity contribution in [2.24, 2.45) is 11.8 Å². The molecule has 1 fully saturated rings. The zero-order valence-electron chi connectivity index (χ0n) is 16.7. The molecule has 1 aliphatic rings. The summed E-state index contributed by atoms with van der Waals surface area (Å²) >= 11 is 0. The van der Waals surface area contributed by atoms with Gasteiger partial charge >= 0.3 is 11.9 Å². The standard InChI is InChI=1S/C26H24O4/c1-17(18-11-5-2-6-12-18)30-26(29)24-21(19-13-7-3-8-14-19)23(25(27)28)22(24)20-15-9-4-10-16-20/h2-17,21-24H,1H3,(H,27,28)/t17-,21-,22-,23-,24+/m0/s1. The fourth-order valence-electron chi connectivity index (χ4n) is 4.57. The first-order valence-corrected chi connectivity index (χ1v) is 10.2. The Hall–Kier alpha value is -3.40. The molecule has 0 unspecified atom stereocenters. The van der Waals surface area contributed by atoms with Crippen LogP contribution in [0, 0.1) is 11.8 Å². The second-order valence-electron chi connectivity index (χ2n) is 7.75. The molecular formula is C26H24O4. The van der Waals surface area contributed by atoms with Crippen molar-refractivity contribution in [3.8, 4) is 0 Å². The third-order valence-electron chi connectivity index (χ3n) is 6.04. The number of carboxylic acids is 1. The van der Waals surface area contributed by atoms with Gasteiger partial charge in [0.05, 0.1) is 11.8 Å². The summed E-state index contributed by atoms with van der Waals surface area (Å²) in [5.41, 5.74) is 2.62. The highest BCUT2D eigenvalue weighted by Gasteiger charge is 2.59. The minimum Gasteiger partial charge on any atom is -0.481 e. The summed E-state index contributed by atoms with van der Waals surface area (Å²) < 4.78 is 5.84. The van der Waals surface area contributed by atoms with Crippen molar-refractivity contribution in [1.29, 1.82) is 0 Å². The topological polar surface area (TPSA) is 63.6 Å². The molecule has 3 aromatic rings. The molecule has 0 amide bonds. The van der Waals surface area contributed by atoms with Crippen molar-refractivity contribution >= 4 is 11.9 Å². The third kappa shape index (κ3) is 3.73. The Kier molecular flexibility index (Phi) is 5.66. The van der Waals surface area contributed by atoms with Gasteiger partial charge in [-0.25, -0.2) is 0 Å². The molecule has 0 saturated heterocycles. The lowest BCUT2D eigenvalue weighted by Crippen LogP contribution is -2.51. The van der Waals surface area contributed by atoms with Crippen LogP contribution in [-0.2, 0) is 14.3 Å². The van der Waals surface area contributed by atoms with E-state index in [4.69, 9.17) is 4.74 Å². The van der Waals surface area contributed by atoms with Crippen molar-refractivity contribution in [1.82, 2.24) is 0 Å². The highest BCUT2D eigenvalue weighted by Crippen LogP contribution is 2.58. The minimum absolute atomic E-state index is 0.355. The van der Waals surface area contributed by atoms with Gasteiger partial charge in [0.25, 0.3) is 0 Å². The first kappa shape index (κ1) is 19.9. The van der Waals surface area contributed by atoms with Crippen molar-refractivity contribution in [3.05, 3.63) is 108 Å². The maximum absolute atomic E-state index is 13.3. The molecule has 0 aromatic heterocycles. The van der Waals surface area contributed by atoms with Crippen LogP contribution in [0.4, 0.5) is 0 Å². The molecule has 0 heterocycles. The van der Waals surface area contributed by atoms with E-state index >= 15 is 0 Å². The molecule has 30 heavy (non-hydrogen) atoms. The Morgan fingerprint density at radius 2 is 1.17 bits per heavy atom. The molecular weight excluding hydrogens is 376 g/mol. The van der Waals surface area contributed by atoms with Gasteiger partial charge in [-0.3, -0.25) is 9.59 Å². The van der Waals surface area contributed by atoms with E-state index in [0.717, 1.165) is 16.7 Å². The monoisotopic (exact) mass is 400 g/mol. The summed E-state index contributed by atoms with van der Waals surface area (Å²) in [6.45, 7) is 1.84. The molecule has 3 atom stereocenters. The fraction of sp³-hybridized carbons (Fsp3) is 0.231. The first-order valence-electron chi connectivity index (χ1n) is 10.2. The second-order valence-corrected chi connectivity index (χ2v) is 7.75. The quantitative estimate of drug-likeness (QED) is 0.579. The lowest BCUT2D eigenvalue weighted by Gasteiger charge is -2.49. The van der Waals surface area contributed by atoms with E-state index in [1.165, 1.54) is 0 Å². The van der Waals surface area contributed by atoms with E-state index in [1.807, 2.05) is 97.9 Å². The SMILES string of the molecule is C[C@H](OC(=O)[C@H]1[C@@H](c2ccccc2)[C@@H](C(=O)O)[C@@H]1c1ccccc1)c1ccccc1. The average molecular weight is 400 g/mol. The molecule has 4 rings (SSSR count). The number of aliphatic carboxylic acids is 1. The first-order chi connectivity index (χ1) is 14.6. The molecule has 0 bridgehead atoms. The molecule has 4 nitrogen and oxygen atoms in total. The molecule has 0 spiro atoms. The number of hydrogen-bond acceptors (Lipinski definition) is 3. The Morgan fingerprint density at radius 3 is 1.60 bits per heavy atom. The highest BCUT2D eigenvalue weighted by atomic mass is 16.5. The van der Waals surface area contributed by atoms with Crippen LogP contribution in [0.25, 0.3) is 0 Å². The summed E-state index contributed by atoms with van der Waals surface area (Å²) in [5, 5.41) is 10.0. The highest BCUT2D eigenvalue weighted by molar-refractivity contribution is 5.84. The number of carboxylic acid groups (broad SMARTS) is 1. The van der Waals surface area contributed by atoms with Crippen LogP contribution in [-0.4, -0.2) is 17.0 Å². The van der Waals surface area contributed by atoms with Gasteiger partial charge in [-0.15, -0.1) is 0 Å². The maximum Gasteiger partial charge on any atom is 0.310 e. The van der Waals surface area contributed by atoms with Gasteiger partial charge in [0.1, 0.15) is 6.10 Å². The van der Waals surface area contributed by atoms with Gasteiger partial charge in [-0.05, 0) is 23.6 Å². The summed E-state index contributed by atoms with van der Waals surface area (Å²) in [6, 6.07) is 28.4. The van der Waals surface area contributed by atoms with Crippen LogP contribution in [0.1, 0.15) is 41.6 Å². The van der Waals surface area contributed by atoms with Crippen molar-refractivity contribution in [2.45, 2.75) is 24.9 Å². The number of esters is 1. The largest absolute Gasteiger partial charge is 0.481 e. The third-order valence-corrected chi connectivity index (χ3v) is 6.04. The molecule has 1 N–H and O–H groups in total. The van der Waals surface area contributed by atoms with Crippen LogP contribution in [0.2, 0.25) is 0 Å². The molecule has 1 saturated carbocycles. The average Bonchev–Trinajstić information content (AvgIpc) is 2.75. The predicted molar refractivity (Wildman–Crippen MR) is 114 cm³/mol. The number of benzene rings is 3. The molecule has 0 aliphatic heterocycles. The van der Waals surface area contributed by atoms with E-state index < -0.39 is 35.7 Å². The molecule has 3 aromatic carbocycles. The number of ether oxygens (including phenoxy) is 1. The molecule has 4 heteroatoms. The molecule has 152 valence electrons. The van der Waals surface area contributed by atoms with Crippen molar-refractivity contribution < 1.29 is 19.4 Å². The Labute approximate surface area is 176 Å². The van der Waals surface area contributed by atoms with E-state index in [9.17, 15) is 14.7 Å². The summed E-state index contributed by atoms with van der Waals surface area (Å²) in [5.74, 6) is -3.33. The normalized spacial score (nSPS) is 23.8. The predicted octanol–water partition coefficient (Wildman–Crippen LogP) is 5.19. The lowest BCUT2D eigenvalue weighted by atomic mass is 9.52. The Bertz CT molecular complexity index is 953. The smallest absolute Gasteiger partial charge is 0.310 e. The molecule has 1 aliphatic carbocycles. The number of hydrogen-bond donors (Lipinski definition) is 1. The summed E-state index contributed by atoms with van der Waals surface area (Å²) in [4.78, 5) is 25.5. The van der Waals surface area contributed by atoms with Crippen LogP contribution < -0.4 is 0 Å². The van der Waals surface area contributed by atoms with E-state index in [-0.39, 0.29) is 5.97 Å². The van der Waals surface area contributed by atoms with Crippen LogP contribution >= 0.6 is 0 Å². The minimum atomic E-state index is -0.891. The number of rotatable bonds is 6. The molecule has 0 radical (unpaired) electrons. The van der Waals surface area contributed by atoms with E-state index in [1.54, 1.807) is 0 Å². The van der Waals surface area contributed by atoms with Gasteiger partial charge in [0, 0.05) is 11.8 Å². The summed E-state index contributed by atoms with van der Waals surface area (Å²) in [6.07, 6.45) is -0.407. The number of carbonyl (C=O) groups excluding carboxylic acids is 1. The lowest BCUT2D eigenvalue weighted by molar-refractivity contribution is -0.167. The van der Waals surface area contributed by atoms with Gasteiger partial charge in [0.15, 0.2) is 0 Å². The second kappa shape index (κ2) is 8.54. The Balaban J connectivity index is 1.68. The van der Waals surface area contributed by atoms with Gasteiger partial charge in [-0.1, -0.05) is 91.0 Å². The van der Waals surface area contributed by atoms with Gasteiger partial charge < -0.3 is 9.84 Å². The van der Waals surface area contributed by atoms with Crippen molar-refractivity contribution in [2.75, 3.05) is 0 Å². The van der Waals surface area contributed by atoms with E-state index in [0.29, 0.717) is 0 Å². The fourth-order valence-corrected chi connectivity index (χ4v) is 4.57. The van der Waals surface area contributed by atoms with Crippen LogP contribution in [0.15, 0.2) is 91.0 Å². The Morgan fingerprint density at radius 1 is 0.733 bits per heavy atom. The van der Waals surface area contributed by atoms with Crippen LogP contribution in [0.5, 0.6) is 0 Å². The maximum atomic E-state index is 13.3. The van der Waals surface area contributed by atoms with Gasteiger partial charge in [-0.2, -0.15) is 0 Å². The summed E-state index contributed by atoms with van der Waals surface area (Å²) in [7, 11) is 0. The van der Waals surface area contributed by atoms with E-state index in [2.05, 4.69) is 0 Å². The van der Waals surface area contributed by atoms with Crippen molar-refractivity contribution in [3.63, 3.8) is 0 Å². The van der Waals surface area contributed by atoms with Crippen LogP contribution in [0.3, 0.4) is 0 Å².